The van der Waals surface area contributed by atoms with Crippen molar-refractivity contribution < 1.29 is 24.2 Å². The van der Waals surface area contributed by atoms with E-state index >= 15 is 0 Å². The second kappa shape index (κ2) is 11.4. The molecule has 2 atom stereocenters. The Labute approximate surface area is 180 Å². The van der Waals surface area contributed by atoms with Crippen LogP contribution in [0.25, 0.3) is 0 Å². The molecule has 0 aliphatic carbocycles. The number of carbonyl (C=O) groups is 3. The van der Waals surface area contributed by atoms with E-state index in [1.807, 2.05) is 24.3 Å². The summed E-state index contributed by atoms with van der Waals surface area (Å²) in [6, 6.07) is 15.4. The number of carbonyl (C=O) groups excluding carboxylic acids is 2. The van der Waals surface area contributed by atoms with Gasteiger partial charge < -0.3 is 20.5 Å². The van der Waals surface area contributed by atoms with Crippen LogP contribution in [0.2, 0.25) is 0 Å². The lowest BCUT2D eigenvalue weighted by atomic mass is 10.0. The summed E-state index contributed by atoms with van der Waals surface area (Å²) in [6.07, 6.45) is -0.729. The lowest BCUT2D eigenvalue weighted by molar-refractivity contribution is -0.142. The predicted molar refractivity (Wildman–Crippen MR) is 113 cm³/mol. The zero-order valence-corrected chi connectivity index (χ0v) is 17.4. The largest absolute Gasteiger partial charge is 0.480 e. The Morgan fingerprint density at radius 2 is 1.65 bits per heavy atom. The van der Waals surface area contributed by atoms with Crippen LogP contribution in [0.3, 0.4) is 0 Å². The minimum Gasteiger partial charge on any atom is -0.480 e. The number of nitrogens with zero attached hydrogens (tertiary/aromatic N) is 1. The second-order valence-corrected chi connectivity index (χ2v) is 7.34. The number of rotatable bonds is 9. The van der Waals surface area contributed by atoms with Crippen molar-refractivity contribution in [2.24, 2.45) is 5.92 Å². The van der Waals surface area contributed by atoms with Gasteiger partial charge in [-0.3, -0.25) is 4.79 Å². The summed E-state index contributed by atoms with van der Waals surface area (Å²) in [5.41, 5.74) is 1.91. The first kappa shape index (κ1) is 23.4. The average molecular weight is 423 g/mol. The summed E-state index contributed by atoms with van der Waals surface area (Å²) in [4.78, 5) is 36.5. The molecule has 3 N–H and O–H groups in total. The first-order chi connectivity index (χ1) is 14.8. The van der Waals surface area contributed by atoms with Gasteiger partial charge in [-0.15, -0.1) is 0 Å². The van der Waals surface area contributed by atoms with Gasteiger partial charge in [0.25, 0.3) is 0 Å². The molecule has 2 aromatic carbocycles. The second-order valence-electron chi connectivity index (χ2n) is 7.34. The van der Waals surface area contributed by atoms with Crippen molar-refractivity contribution in [1.29, 1.82) is 5.26 Å². The number of carboxylic acid groups (broad SMARTS) is 1. The fourth-order valence-corrected chi connectivity index (χ4v) is 2.84. The summed E-state index contributed by atoms with van der Waals surface area (Å²) >= 11 is 0. The number of alkyl carbamates (subject to hydrolysis) is 1. The van der Waals surface area contributed by atoms with Crippen molar-refractivity contribution in [2.45, 2.75) is 39.0 Å². The van der Waals surface area contributed by atoms with Crippen LogP contribution in [0.1, 0.15) is 30.5 Å². The minimum absolute atomic E-state index is 0.0377. The Bertz CT molecular complexity index is 936. The number of nitriles is 1. The van der Waals surface area contributed by atoms with E-state index in [1.165, 1.54) is 0 Å². The molecule has 0 saturated heterocycles. The number of carboxylic acids is 1. The van der Waals surface area contributed by atoms with Crippen molar-refractivity contribution in [1.82, 2.24) is 10.6 Å². The van der Waals surface area contributed by atoms with Crippen LogP contribution in [0.4, 0.5) is 4.79 Å². The number of benzene rings is 2. The topological polar surface area (TPSA) is 129 Å². The van der Waals surface area contributed by atoms with Gasteiger partial charge in [0.15, 0.2) is 0 Å². The summed E-state index contributed by atoms with van der Waals surface area (Å²) in [5, 5.41) is 23.4. The van der Waals surface area contributed by atoms with Gasteiger partial charge in [-0.1, -0.05) is 56.3 Å². The molecule has 0 aromatic heterocycles. The van der Waals surface area contributed by atoms with Crippen LogP contribution in [0.15, 0.2) is 54.6 Å². The Morgan fingerprint density at radius 3 is 2.19 bits per heavy atom. The van der Waals surface area contributed by atoms with E-state index in [0.29, 0.717) is 11.1 Å². The molecule has 0 bridgehead atoms. The SMILES string of the molecule is CC(C)[C@H](NC(=O)OCc1ccccc1)C(=O)N[C@@H](Cc1ccc(C#N)cc1)C(=O)O. The highest BCUT2D eigenvalue weighted by Crippen LogP contribution is 2.09. The molecule has 2 aromatic rings. The highest BCUT2D eigenvalue weighted by Gasteiger charge is 2.29. The molecule has 0 fully saturated rings. The van der Waals surface area contributed by atoms with Gasteiger partial charge in [-0.05, 0) is 29.2 Å². The van der Waals surface area contributed by atoms with Gasteiger partial charge in [-0.2, -0.15) is 5.26 Å². The maximum Gasteiger partial charge on any atom is 0.408 e. The highest BCUT2D eigenvalue weighted by atomic mass is 16.5. The third kappa shape index (κ3) is 7.48. The molecule has 162 valence electrons. The maximum atomic E-state index is 12.7. The van der Waals surface area contributed by atoms with Crippen molar-refractivity contribution in [3.63, 3.8) is 0 Å². The summed E-state index contributed by atoms with van der Waals surface area (Å²) in [6.45, 7) is 3.52. The molecule has 0 aliphatic rings. The van der Waals surface area contributed by atoms with Crippen LogP contribution < -0.4 is 10.6 Å². The first-order valence-corrected chi connectivity index (χ1v) is 9.79. The molecule has 8 nitrogen and oxygen atoms in total. The molecule has 0 spiro atoms. The molecule has 2 amide bonds. The van der Waals surface area contributed by atoms with Gasteiger partial charge >= 0.3 is 12.1 Å². The minimum atomic E-state index is -1.20. The standard InChI is InChI=1S/C23H25N3O5/c1-15(2)20(26-23(30)31-14-18-6-4-3-5-7-18)21(27)25-19(22(28)29)12-16-8-10-17(13-24)11-9-16/h3-11,15,19-20H,12,14H2,1-2H3,(H,25,27)(H,26,30)(H,28,29)/t19-,20-/m0/s1. The molecule has 0 saturated carbocycles. The quantitative estimate of drug-likeness (QED) is 0.569. The Kier molecular flexibility index (Phi) is 8.58. The Morgan fingerprint density at radius 1 is 1.00 bits per heavy atom. The molecular formula is C23H25N3O5. The van der Waals surface area contributed by atoms with Crippen LogP contribution in [0, 0.1) is 17.2 Å². The smallest absolute Gasteiger partial charge is 0.408 e. The van der Waals surface area contributed by atoms with Crippen LogP contribution in [-0.4, -0.2) is 35.2 Å². The third-order valence-corrected chi connectivity index (χ3v) is 4.57. The van der Waals surface area contributed by atoms with Crippen molar-refractivity contribution >= 4 is 18.0 Å². The van der Waals surface area contributed by atoms with Gasteiger partial charge in [-0.25, -0.2) is 9.59 Å². The zero-order chi connectivity index (χ0) is 22.8. The van der Waals surface area contributed by atoms with E-state index < -0.39 is 30.1 Å². The molecular weight excluding hydrogens is 398 g/mol. The number of amides is 2. The number of aliphatic carboxylic acids is 1. The summed E-state index contributed by atoms with van der Waals surface area (Å²) in [7, 11) is 0. The van der Waals surface area contributed by atoms with Crippen molar-refractivity contribution in [3.05, 3.63) is 71.3 Å². The number of nitrogens with one attached hydrogen (secondary N) is 2. The molecule has 0 unspecified atom stereocenters. The Hall–Kier alpha value is -3.86. The number of hydrogen-bond acceptors (Lipinski definition) is 5. The normalized spacial score (nSPS) is 12.3. The van der Waals surface area contributed by atoms with Crippen molar-refractivity contribution in [3.8, 4) is 6.07 Å². The fourth-order valence-electron chi connectivity index (χ4n) is 2.84. The molecule has 8 heteroatoms. The monoisotopic (exact) mass is 423 g/mol. The van der Waals surface area contributed by atoms with Gasteiger partial charge in [0.1, 0.15) is 18.7 Å². The van der Waals surface area contributed by atoms with E-state index in [9.17, 15) is 19.5 Å². The lowest BCUT2D eigenvalue weighted by Crippen LogP contribution is -2.54. The van der Waals surface area contributed by atoms with Crippen molar-refractivity contribution in [2.75, 3.05) is 0 Å². The van der Waals surface area contributed by atoms with Crippen LogP contribution in [-0.2, 0) is 27.4 Å². The van der Waals surface area contributed by atoms with E-state index in [-0.39, 0.29) is 18.9 Å². The molecule has 0 aliphatic heterocycles. The third-order valence-electron chi connectivity index (χ3n) is 4.57. The Balaban J connectivity index is 1.98. The summed E-state index contributed by atoms with van der Waals surface area (Å²) < 4.78 is 5.16. The summed E-state index contributed by atoms with van der Waals surface area (Å²) in [5.74, 6) is -2.12. The van der Waals surface area contributed by atoms with E-state index in [4.69, 9.17) is 10.00 Å². The van der Waals surface area contributed by atoms with Gasteiger partial charge in [0, 0.05) is 6.42 Å². The molecule has 2 rings (SSSR count). The zero-order valence-electron chi connectivity index (χ0n) is 17.4. The number of ether oxygens (including phenoxy) is 1. The van der Waals surface area contributed by atoms with E-state index in [2.05, 4.69) is 10.6 Å². The fraction of sp³-hybridized carbons (Fsp3) is 0.304. The van der Waals surface area contributed by atoms with E-state index in [0.717, 1.165) is 5.56 Å². The van der Waals surface area contributed by atoms with Gasteiger partial charge in [0.2, 0.25) is 5.91 Å². The molecule has 31 heavy (non-hydrogen) atoms. The average Bonchev–Trinajstić information content (AvgIpc) is 2.76. The first-order valence-electron chi connectivity index (χ1n) is 9.79. The number of hydrogen-bond donors (Lipinski definition) is 3. The highest BCUT2D eigenvalue weighted by molar-refractivity contribution is 5.89. The lowest BCUT2D eigenvalue weighted by Gasteiger charge is -2.24. The molecule has 0 radical (unpaired) electrons. The molecule has 0 heterocycles. The maximum absolute atomic E-state index is 12.7. The van der Waals surface area contributed by atoms with E-state index in [1.54, 1.807) is 50.2 Å². The van der Waals surface area contributed by atoms with Crippen LogP contribution in [0.5, 0.6) is 0 Å². The van der Waals surface area contributed by atoms with Gasteiger partial charge in [0.05, 0.1) is 11.6 Å². The predicted octanol–water partition coefficient (Wildman–Crippen LogP) is 2.62. The van der Waals surface area contributed by atoms with Crippen LogP contribution >= 0.6 is 0 Å².